The van der Waals surface area contributed by atoms with Crippen LogP contribution in [0.25, 0.3) is 0 Å². The van der Waals surface area contributed by atoms with Gasteiger partial charge in [-0.1, -0.05) is 32.1 Å². The lowest BCUT2D eigenvalue weighted by molar-refractivity contribution is -0.125. The van der Waals surface area contributed by atoms with E-state index in [9.17, 15) is 14.7 Å². The average molecular weight is 332 g/mol. The van der Waals surface area contributed by atoms with Crippen molar-refractivity contribution in [1.29, 1.82) is 0 Å². The first-order valence-electron chi connectivity index (χ1n) is 8.50. The van der Waals surface area contributed by atoms with Crippen molar-refractivity contribution in [3.63, 3.8) is 0 Å². The molecule has 1 aliphatic carbocycles. The molecule has 5 N–H and O–H groups in total. The Balaban J connectivity index is 1.76. The molecule has 1 fully saturated rings. The highest BCUT2D eigenvalue weighted by molar-refractivity contribution is 5.90. The predicted octanol–water partition coefficient (Wildman–Crippen LogP) is 1.95. The summed E-state index contributed by atoms with van der Waals surface area (Å²) in [5.41, 5.74) is 6.10. The minimum Gasteiger partial charge on any atom is -0.508 e. The molecule has 0 bridgehead atoms. The number of hydrogen-bond acceptors (Lipinski definition) is 4. The molecule has 24 heavy (non-hydrogen) atoms. The van der Waals surface area contributed by atoms with Gasteiger partial charge in [0.25, 0.3) is 0 Å². The van der Waals surface area contributed by atoms with E-state index in [1.54, 1.807) is 18.6 Å². The van der Waals surface area contributed by atoms with Gasteiger partial charge >= 0.3 is 0 Å². The molecule has 0 aliphatic heterocycles. The standard InChI is InChI=1S/C18H26N3O3/c19-18(24)16(12-20-14-7-9-15(22)10-8-14)21-17(23)11-6-13-4-2-1-3-5-13/h7-11,13,16,20,22H,1-6,12H2,(H2,19,24)(H,21,23)/t16-/m0/s1. The monoisotopic (exact) mass is 332 g/mol. The van der Waals surface area contributed by atoms with Crippen LogP contribution in [0.4, 0.5) is 5.69 Å². The number of phenolic OH excluding ortho intramolecular Hbond substituents is 1. The van der Waals surface area contributed by atoms with Gasteiger partial charge in [-0.2, -0.15) is 0 Å². The minimum atomic E-state index is -0.783. The summed E-state index contributed by atoms with van der Waals surface area (Å²) in [5.74, 6) is -0.0955. The van der Waals surface area contributed by atoms with E-state index in [4.69, 9.17) is 5.73 Å². The lowest BCUT2D eigenvalue weighted by Crippen LogP contribution is -2.48. The van der Waals surface area contributed by atoms with Gasteiger partial charge < -0.3 is 21.5 Å². The molecule has 0 saturated heterocycles. The molecule has 1 aliphatic rings. The Labute approximate surface area is 142 Å². The second-order valence-electron chi connectivity index (χ2n) is 6.34. The molecule has 1 aromatic rings. The Morgan fingerprint density at radius 2 is 1.88 bits per heavy atom. The van der Waals surface area contributed by atoms with Gasteiger partial charge in [0, 0.05) is 18.7 Å². The molecule has 6 nitrogen and oxygen atoms in total. The van der Waals surface area contributed by atoms with Gasteiger partial charge in [0.15, 0.2) is 0 Å². The summed E-state index contributed by atoms with van der Waals surface area (Å²) < 4.78 is 0. The summed E-state index contributed by atoms with van der Waals surface area (Å²) in [4.78, 5) is 23.6. The Morgan fingerprint density at radius 1 is 1.21 bits per heavy atom. The van der Waals surface area contributed by atoms with Crippen molar-refractivity contribution in [1.82, 2.24) is 5.32 Å². The Morgan fingerprint density at radius 3 is 2.50 bits per heavy atom. The molecular weight excluding hydrogens is 306 g/mol. The second-order valence-corrected chi connectivity index (χ2v) is 6.34. The van der Waals surface area contributed by atoms with Crippen LogP contribution in [0, 0.1) is 12.3 Å². The van der Waals surface area contributed by atoms with Crippen molar-refractivity contribution in [2.75, 3.05) is 11.9 Å². The summed E-state index contributed by atoms with van der Waals surface area (Å²) in [6, 6.07) is 5.67. The number of nitrogens with one attached hydrogen (secondary N) is 2. The maximum Gasteiger partial charge on any atom is 0.241 e. The summed E-state index contributed by atoms with van der Waals surface area (Å²) in [6.45, 7) is 0.198. The van der Waals surface area contributed by atoms with Crippen LogP contribution in [0.3, 0.4) is 0 Å². The van der Waals surface area contributed by atoms with Crippen LogP contribution in [0.2, 0.25) is 0 Å². The van der Waals surface area contributed by atoms with E-state index in [1.807, 2.05) is 0 Å². The fourth-order valence-corrected chi connectivity index (χ4v) is 2.95. The highest BCUT2D eigenvalue weighted by atomic mass is 16.3. The molecule has 2 amide bonds. The third-order valence-corrected chi connectivity index (χ3v) is 4.40. The number of carbonyl (C=O) groups is 2. The van der Waals surface area contributed by atoms with Crippen LogP contribution in [0.15, 0.2) is 24.3 Å². The zero-order valence-electron chi connectivity index (χ0n) is 13.8. The molecule has 6 heteroatoms. The topological polar surface area (TPSA) is 104 Å². The van der Waals surface area contributed by atoms with Crippen LogP contribution in [0.5, 0.6) is 5.75 Å². The van der Waals surface area contributed by atoms with Crippen molar-refractivity contribution in [3.05, 3.63) is 30.7 Å². The quantitative estimate of drug-likeness (QED) is 0.546. The van der Waals surface area contributed by atoms with Crippen LogP contribution >= 0.6 is 0 Å². The number of phenols is 1. The lowest BCUT2D eigenvalue weighted by Gasteiger charge is -2.21. The number of aromatic hydroxyl groups is 1. The fourth-order valence-electron chi connectivity index (χ4n) is 2.95. The first kappa shape index (κ1) is 18.1. The molecular formula is C18H26N3O3. The summed E-state index contributed by atoms with van der Waals surface area (Å²) in [7, 11) is 0. The normalized spacial score (nSPS) is 16.3. The Kier molecular flexibility index (Phi) is 6.90. The minimum absolute atomic E-state index is 0.164. The zero-order valence-corrected chi connectivity index (χ0v) is 13.8. The number of amides is 2. The molecule has 131 valence electrons. The molecule has 2 rings (SSSR count). The van der Waals surface area contributed by atoms with Crippen molar-refractivity contribution in [3.8, 4) is 5.75 Å². The van der Waals surface area contributed by atoms with Crippen molar-refractivity contribution in [2.45, 2.75) is 44.6 Å². The van der Waals surface area contributed by atoms with Gasteiger partial charge in [-0.3, -0.25) is 9.59 Å². The number of carbonyl (C=O) groups excluding carboxylic acids is 2. The van der Waals surface area contributed by atoms with E-state index in [1.165, 1.54) is 44.2 Å². The predicted molar refractivity (Wildman–Crippen MR) is 93.2 cm³/mol. The molecule has 0 spiro atoms. The summed E-state index contributed by atoms with van der Waals surface area (Å²) in [6.07, 6.45) is 8.49. The van der Waals surface area contributed by atoms with E-state index < -0.39 is 11.9 Å². The second kappa shape index (κ2) is 9.15. The largest absolute Gasteiger partial charge is 0.508 e. The molecule has 0 heterocycles. The molecule has 1 aromatic carbocycles. The van der Waals surface area contributed by atoms with Gasteiger partial charge in [-0.15, -0.1) is 0 Å². The third-order valence-electron chi connectivity index (χ3n) is 4.40. The lowest BCUT2D eigenvalue weighted by atomic mass is 9.86. The fraction of sp³-hybridized carbons (Fsp3) is 0.500. The van der Waals surface area contributed by atoms with Crippen LogP contribution in [-0.4, -0.2) is 29.5 Å². The summed E-state index contributed by atoms with van der Waals surface area (Å²) >= 11 is 0. The van der Waals surface area contributed by atoms with Crippen molar-refractivity contribution < 1.29 is 14.7 Å². The average Bonchev–Trinajstić information content (AvgIpc) is 2.59. The zero-order chi connectivity index (χ0) is 17.4. The van der Waals surface area contributed by atoms with Crippen LogP contribution in [0.1, 0.15) is 38.5 Å². The Hall–Kier alpha value is -2.24. The molecule has 1 atom stereocenters. The van der Waals surface area contributed by atoms with E-state index in [-0.39, 0.29) is 18.2 Å². The molecule has 0 aromatic heterocycles. The first-order valence-corrected chi connectivity index (χ1v) is 8.50. The number of anilines is 1. The van der Waals surface area contributed by atoms with Gasteiger partial charge in [-0.05, 0) is 36.6 Å². The number of primary amides is 1. The number of hydrogen-bond donors (Lipinski definition) is 4. The van der Waals surface area contributed by atoms with Crippen molar-refractivity contribution in [2.24, 2.45) is 11.7 Å². The number of rotatable bonds is 8. The smallest absolute Gasteiger partial charge is 0.241 e. The molecule has 1 saturated carbocycles. The van der Waals surface area contributed by atoms with Gasteiger partial charge in [0.1, 0.15) is 11.8 Å². The SMILES string of the molecule is NC(=O)[C@H](CNc1ccc(O)cc1)NC(=O)[CH]CC1CCCCC1. The highest BCUT2D eigenvalue weighted by Gasteiger charge is 2.20. The van der Waals surface area contributed by atoms with Crippen molar-refractivity contribution >= 4 is 17.5 Å². The highest BCUT2D eigenvalue weighted by Crippen LogP contribution is 2.26. The Bertz CT molecular complexity index is 539. The number of nitrogens with two attached hydrogens (primary N) is 1. The third kappa shape index (κ3) is 6.10. The maximum atomic E-state index is 12.0. The first-order chi connectivity index (χ1) is 11.5. The van der Waals surface area contributed by atoms with Crippen LogP contribution in [-0.2, 0) is 9.59 Å². The number of benzene rings is 1. The summed E-state index contributed by atoms with van der Waals surface area (Å²) in [5, 5.41) is 14.9. The van der Waals surface area contributed by atoms with Gasteiger partial charge in [-0.25, -0.2) is 0 Å². The molecule has 0 unspecified atom stereocenters. The maximum absolute atomic E-state index is 12.0. The van der Waals surface area contributed by atoms with E-state index in [0.29, 0.717) is 5.92 Å². The van der Waals surface area contributed by atoms with E-state index >= 15 is 0 Å². The van der Waals surface area contributed by atoms with E-state index in [0.717, 1.165) is 12.1 Å². The van der Waals surface area contributed by atoms with Crippen LogP contribution < -0.4 is 16.4 Å². The van der Waals surface area contributed by atoms with Gasteiger partial charge in [0.2, 0.25) is 11.8 Å². The molecule has 1 radical (unpaired) electrons. The van der Waals surface area contributed by atoms with E-state index in [2.05, 4.69) is 10.6 Å². The van der Waals surface area contributed by atoms with Gasteiger partial charge in [0.05, 0.1) is 0 Å².